The lowest BCUT2D eigenvalue weighted by atomic mass is 10.0. The van der Waals surface area contributed by atoms with Gasteiger partial charge in [-0.2, -0.15) is 0 Å². The average molecular weight is 324 g/mol. The lowest BCUT2D eigenvalue weighted by molar-refractivity contribution is -0.132. The molecular weight excluding hydrogens is 299 g/mol. The standard InChI is InChI=1S/C16H25FN4O2/c1-11(2)14(22)7-16(23)20(3)9-13-6-12(17)8-21(13)15-4-5-18-10-19-15/h4-5,10-14,22H,6-9H2,1-3H3/t12-,13-,14?/m0/s1. The Bertz CT molecular complexity index is 514. The predicted octanol–water partition coefficient (Wildman–Crippen LogP) is 1.26. The van der Waals surface area contributed by atoms with Gasteiger partial charge in [0.1, 0.15) is 18.3 Å². The van der Waals surface area contributed by atoms with Gasteiger partial charge in [-0.1, -0.05) is 13.8 Å². The van der Waals surface area contributed by atoms with Crippen molar-refractivity contribution in [1.82, 2.24) is 14.9 Å². The average Bonchev–Trinajstić information content (AvgIpc) is 2.88. The highest BCUT2D eigenvalue weighted by Crippen LogP contribution is 2.26. The number of hydrogen-bond donors (Lipinski definition) is 1. The topological polar surface area (TPSA) is 69.6 Å². The molecule has 1 saturated heterocycles. The molecule has 1 fully saturated rings. The Balaban J connectivity index is 1.98. The number of amides is 1. The molecule has 1 aliphatic rings. The fourth-order valence-electron chi connectivity index (χ4n) is 2.76. The minimum atomic E-state index is -0.931. The Morgan fingerprint density at radius 2 is 2.30 bits per heavy atom. The van der Waals surface area contributed by atoms with E-state index in [0.717, 1.165) is 0 Å². The number of likely N-dealkylation sites (N-methyl/N-ethyl adjacent to an activating group) is 1. The first-order valence-electron chi connectivity index (χ1n) is 7.97. The molecule has 6 nitrogen and oxygen atoms in total. The van der Waals surface area contributed by atoms with Gasteiger partial charge in [0.25, 0.3) is 0 Å². The van der Waals surface area contributed by atoms with Crippen molar-refractivity contribution in [3.8, 4) is 0 Å². The lowest BCUT2D eigenvalue weighted by Crippen LogP contribution is -2.42. The molecule has 1 aromatic heterocycles. The third-order valence-electron chi connectivity index (χ3n) is 4.29. The third-order valence-corrected chi connectivity index (χ3v) is 4.29. The van der Waals surface area contributed by atoms with Crippen molar-refractivity contribution >= 4 is 11.7 Å². The van der Waals surface area contributed by atoms with E-state index in [2.05, 4.69) is 9.97 Å². The Morgan fingerprint density at radius 3 is 2.91 bits per heavy atom. The van der Waals surface area contributed by atoms with Crippen LogP contribution in [0.4, 0.5) is 10.2 Å². The van der Waals surface area contributed by atoms with Crippen LogP contribution in [0.2, 0.25) is 0 Å². The molecule has 1 aliphatic heterocycles. The SMILES string of the molecule is CC(C)C(O)CC(=O)N(C)C[C@@H]1C[C@H](F)CN1c1ccncn1. The van der Waals surface area contributed by atoms with E-state index in [0.29, 0.717) is 18.8 Å². The molecule has 1 aromatic rings. The largest absolute Gasteiger partial charge is 0.392 e. The monoisotopic (exact) mass is 324 g/mol. The second kappa shape index (κ2) is 7.68. The zero-order valence-corrected chi connectivity index (χ0v) is 13.9. The molecule has 2 rings (SSSR count). The normalized spacial score (nSPS) is 22.4. The molecule has 3 atom stereocenters. The van der Waals surface area contributed by atoms with Crippen LogP contribution in [-0.2, 0) is 4.79 Å². The maximum Gasteiger partial charge on any atom is 0.224 e. The van der Waals surface area contributed by atoms with Crippen LogP contribution in [-0.4, -0.2) is 64.3 Å². The highest BCUT2D eigenvalue weighted by atomic mass is 19.1. The van der Waals surface area contributed by atoms with E-state index in [1.807, 2.05) is 18.7 Å². The fourth-order valence-corrected chi connectivity index (χ4v) is 2.76. The number of aliphatic hydroxyl groups excluding tert-OH is 1. The lowest BCUT2D eigenvalue weighted by Gasteiger charge is -2.29. The number of nitrogens with zero attached hydrogens (tertiary/aromatic N) is 4. The van der Waals surface area contributed by atoms with E-state index in [-0.39, 0.29) is 30.8 Å². The Hall–Kier alpha value is -1.76. The summed E-state index contributed by atoms with van der Waals surface area (Å²) in [5, 5.41) is 9.84. The first kappa shape index (κ1) is 17.6. The van der Waals surface area contributed by atoms with Crippen molar-refractivity contribution in [2.75, 3.05) is 25.0 Å². The molecule has 0 spiro atoms. The summed E-state index contributed by atoms with van der Waals surface area (Å²) < 4.78 is 13.8. The third kappa shape index (κ3) is 4.60. The number of carbonyl (C=O) groups is 1. The summed E-state index contributed by atoms with van der Waals surface area (Å²) in [6.45, 7) is 4.44. The summed E-state index contributed by atoms with van der Waals surface area (Å²) in [4.78, 5) is 23.7. The number of aliphatic hydroxyl groups is 1. The van der Waals surface area contributed by atoms with Crippen molar-refractivity contribution in [3.63, 3.8) is 0 Å². The second-order valence-corrected chi connectivity index (χ2v) is 6.50. The summed E-state index contributed by atoms with van der Waals surface area (Å²) in [5.74, 6) is 0.580. The Labute approximate surface area is 136 Å². The van der Waals surface area contributed by atoms with Crippen LogP contribution in [0.1, 0.15) is 26.7 Å². The van der Waals surface area contributed by atoms with E-state index in [4.69, 9.17) is 0 Å². The summed E-state index contributed by atoms with van der Waals surface area (Å²) in [5.41, 5.74) is 0. The van der Waals surface area contributed by atoms with Crippen LogP contribution in [0.25, 0.3) is 0 Å². The van der Waals surface area contributed by atoms with Crippen molar-refractivity contribution in [3.05, 3.63) is 18.6 Å². The van der Waals surface area contributed by atoms with Crippen molar-refractivity contribution in [2.45, 2.75) is 45.0 Å². The van der Waals surface area contributed by atoms with E-state index in [1.165, 1.54) is 6.33 Å². The van der Waals surface area contributed by atoms with Gasteiger partial charge in [0.2, 0.25) is 5.91 Å². The number of rotatable bonds is 6. The summed E-state index contributed by atoms with van der Waals surface area (Å²) in [7, 11) is 1.69. The molecule has 128 valence electrons. The molecule has 0 aliphatic carbocycles. The zero-order chi connectivity index (χ0) is 17.0. The second-order valence-electron chi connectivity index (χ2n) is 6.50. The smallest absolute Gasteiger partial charge is 0.224 e. The molecule has 1 unspecified atom stereocenters. The first-order chi connectivity index (χ1) is 10.9. The molecule has 0 bridgehead atoms. The van der Waals surface area contributed by atoms with E-state index >= 15 is 0 Å². The number of carbonyl (C=O) groups excluding carboxylic acids is 1. The quantitative estimate of drug-likeness (QED) is 0.853. The maximum absolute atomic E-state index is 13.8. The first-order valence-corrected chi connectivity index (χ1v) is 7.97. The van der Waals surface area contributed by atoms with Crippen LogP contribution in [0.3, 0.4) is 0 Å². The number of aromatic nitrogens is 2. The predicted molar refractivity (Wildman–Crippen MR) is 85.8 cm³/mol. The van der Waals surface area contributed by atoms with Gasteiger partial charge < -0.3 is 14.9 Å². The van der Waals surface area contributed by atoms with Gasteiger partial charge in [-0.15, -0.1) is 0 Å². The van der Waals surface area contributed by atoms with Gasteiger partial charge in [-0.25, -0.2) is 14.4 Å². The number of alkyl halides is 1. The van der Waals surface area contributed by atoms with Crippen molar-refractivity contribution < 1.29 is 14.3 Å². The highest BCUT2D eigenvalue weighted by Gasteiger charge is 2.34. The number of hydrogen-bond acceptors (Lipinski definition) is 5. The van der Waals surface area contributed by atoms with E-state index < -0.39 is 12.3 Å². The van der Waals surface area contributed by atoms with Gasteiger partial charge in [0.15, 0.2) is 0 Å². The van der Waals surface area contributed by atoms with E-state index in [1.54, 1.807) is 24.2 Å². The van der Waals surface area contributed by atoms with Gasteiger partial charge in [-0.05, 0) is 12.0 Å². The summed E-state index contributed by atoms with van der Waals surface area (Å²) >= 11 is 0. The molecule has 1 N–H and O–H groups in total. The van der Waals surface area contributed by atoms with Crippen molar-refractivity contribution in [1.29, 1.82) is 0 Å². The summed E-state index contributed by atoms with van der Waals surface area (Å²) in [6.07, 6.45) is 1.94. The fraction of sp³-hybridized carbons (Fsp3) is 0.688. The van der Waals surface area contributed by atoms with Crippen LogP contribution in [0.15, 0.2) is 18.6 Å². The summed E-state index contributed by atoms with van der Waals surface area (Å²) in [6, 6.07) is 1.63. The molecule has 1 amide bonds. The molecule has 0 radical (unpaired) electrons. The molecule has 23 heavy (non-hydrogen) atoms. The molecule has 0 saturated carbocycles. The minimum absolute atomic E-state index is 0.0339. The van der Waals surface area contributed by atoms with Crippen LogP contribution < -0.4 is 4.90 Å². The van der Waals surface area contributed by atoms with Crippen LogP contribution in [0, 0.1) is 5.92 Å². The van der Waals surface area contributed by atoms with E-state index in [9.17, 15) is 14.3 Å². The number of halogens is 1. The van der Waals surface area contributed by atoms with Crippen molar-refractivity contribution in [2.24, 2.45) is 5.92 Å². The number of anilines is 1. The maximum atomic E-state index is 13.8. The molecule has 2 heterocycles. The minimum Gasteiger partial charge on any atom is -0.392 e. The zero-order valence-electron chi connectivity index (χ0n) is 13.9. The van der Waals surface area contributed by atoms with Gasteiger partial charge in [0, 0.05) is 26.2 Å². The van der Waals surface area contributed by atoms with Gasteiger partial charge >= 0.3 is 0 Å². The highest BCUT2D eigenvalue weighted by molar-refractivity contribution is 5.76. The van der Waals surface area contributed by atoms with Crippen LogP contribution in [0.5, 0.6) is 0 Å². The van der Waals surface area contributed by atoms with Crippen LogP contribution >= 0.6 is 0 Å². The van der Waals surface area contributed by atoms with Gasteiger partial charge in [-0.3, -0.25) is 4.79 Å². The molecule has 0 aromatic carbocycles. The molecular formula is C16H25FN4O2. The molecule has 7 heteroatoms. The Morgan fingerprint density at radius 1 is 1.57 bits per heavy atom. The van der Waals surface area contributed by atoms with Gasteiger partial charge in [0.05, 0.1) is 25.1 Å². The Kier molecular flexibility index (Phi) is 5.87.